The first-order chi connectivity index (χ1) is 15.0. The number of rotatable bonds is 7. The van der Waals surface area contributed by atoms with Crippen LogP contribution in [0.25, 0.3) is 0 Å². The Kier molecular flexibility index (Phi) is 10.7. The number of guanidine groups is 1. The molecule has 3 rings (SSSR count). The third kappa shape index (κ3) is 7.33. The van der Waals surface area contributed by atoms with Crippen LogP contribution in [0.15, 0.2) is 35.3 Å². The van der Waals surface area contributed by atoms with Crippen molar-refractivity contribution in [3.8, 4) is 0 Å². The summed E-state index contributed by atoms with van der Waals surface area (Å²) in [5.41, 5.74) is 1.13. The van der Waals surface area contributed by atoms with Gasteiger partial charge in [-0.15, -0.1) is 24.0 Å². The van der Waals surface area contributed by atoms with Gasteiger partial charge in [-0.05, 0) is 24.8 Å². The third-order valence-corrected chi connectivity index (χ3v) is 6.01. The van der Waals surface area contributed by atoms with Crippen LogP contribution >= 0.6 is 24.0 Å². The first-order valence-corrected chi connectivity index (χ1v) is 11.1. The molecule has 178 valence electrons. The van der Waals surface area contributed by atoms with Crippen molar-refractivity contribution in [1.82, 2.24) is 20.4 Å². The average Bonchev–Trinajstić information content (AvgIpc) is 3.07. The molecule has 2 heterocycles. The van der Waals surface area contributed by atoms with E-state index in [1.165, 1.54) is 11.3 Å². The van der Waals surface area contributed by atoms with Crippen molar-refractivity contribution in [2.24, 2.45) is 10.9 Å². The van der Waals surface area contributed by atoms with Crippen molar-refractivity contribution in [1.29, 1.82) is 0 Å². The van der Waals surface area contributed by atoms with E-state index in [4.69, 9.17) is 4.74 Å². The fraction of sp³-hybridized carbons (Fsp3) is 0.609. The van der Waals surface area contributed by atoms with Gasteiger partial charge in [0, 0.05) is 53.2 Å². The summed E-state index contributed by atoms with van der Waals surface area (Å²) < 4.78 is 5.80. The number of likely N-dealkylation sites (N-methyl/N-ethyl adjacent to an activating group) is 1. The number of nitrogens with zero attached hydrogens (tertiary/aromatic N) is 3. The van der Waals surface area contributed by atoms with Gasteiger partial charge in [-0.1, -0.05) is 30.3 Å². The number of benzene rings is 1. The zero-order valence-electron chi connectivity index (χ0n) is 19.3. The standard InChI is InChI=1S/C23H35N5O3.HI/c1-27(2)21(30)16-26-23(25-15-19-11-7-8-12-31-19)24-14-18-13-20(29)28(3)22(18)17-9-5-4-6-10-17;/h4-6,9-10,18-19,22H,7-8,11-16H2,1-3H3,(H2,24,25,26);1H. The summed E-state index contributed by atoms with van der Waals surface area (Å²) in [5.74, 6) is 0.777. The Morgan fingerprint density at radius 3 is 2.56 bits per heavy atom. The lowest BCUT2D eigenvalue weighted by atomic mass is 9.94. The molecule has 2 aliphatic heterocycles. The monoisotopic (exact) mass is 557 g/mol. The number of hydrogen-bond acceptors (Lipinski definition) is 4. The Hall–Kier alpha value is -1.88. The molecule has 1 aromatic rings. The van der Waals surface area contributed by atoms with Crippen molar-refractivity contribution in [3.63, 3.8) is 0 Å². The number of carbonyl (C=O) groups excluding carboxylic acids is 2. The normalized spacial score (nSPS) is 23.5. The largest absolute Gasteiger partial charge is 0.376 e. The molecule has 2 saturated heterocycles. The van der Waals surface area contributed by atoms with E-state index >= 15 is 0 Å². The molecule has 9 heteroatoms. The summed E-state index contributed by atoms with van der Waals surface area (Å²) in [6, 6.07) is 10.1. The summed E-state index contributed by atoms with van der Waals surface area (Å²) in [6.07, 6.45) is 3.94. The molecule has 32 heavy (non-hydrogen) atoms. The van der Waals surface area contributed by atoms with E-state index in [9.17, 15) is 9.59 Å². The van der Waals surface area contributed by atoms with Crippen LogP contribution in [0.2, 0.25) is 0 Å². The quantitative estimate of drug-likeness (QED) is 0.305. The number of hydrogen-bond donors (Lipinski definition) is 2. The SMILES string of the molecule is CN(C)C(=O)CN=C(NCC1CCCCO1)NCC1CC(=O)N(C)C1c1ccccc1.I. The van der Waals surface area contributed by atoms with Crippen molar-refractivity contribution in [2.75, 3.05) is 47.4 Å². The molecule has 3 unspecified atom stereocenters. The lowest BCUT2D eigenvalue weighted by molar-refractivity contribution is -0.128. The van der Waals surface area contributed by atoms with Gasteiger partial charge in [-0.3, -0.25) is 9.59 Å². The van der Waals surface area contributed by atoms with Crippen LogP contribution in [0.1, 0.15) is 37.3 Å². The molecule has 0 radical (unpaired) electrons. The molecule has 1 aromatic carbocycles. The Morgan fingerprint density at radius 2 is 1.91 bits per heavy atom. The molecule has 0 aliphatic carbocycles. The van der Waals surface area contributed by atoms with Crippen molar-refractivity contribution in [2.45, 2.75) is 37.8 Å². The van der Waals surface area contributed by atoms with E-state index < -0.39 is 0 Å². The Bertz CT molecular complexity index is 768. The van der Waals surface area contributed by atoms with Gasteiger partial charge < -0.3 is 25.2 Å². The highest BCUT2D eigenvalue weighted by Crippen LogP contribution is 2.36. The molecule has 2 amide bonds. The van der Waals surface area contributed by atoms with Crippen LogP contribution < -0.4 is 10.6 Å². The van der Waals surface area contributed by atoms with Gasteiger partial charge in [0.15, 0.2) is 5.96 Å². The lowest BCUT2D eigenvalue weighted by Gasteiger charge is -2.27. The minimum absolute atomic E-state index is 0. The lowest BCUT2D eigenvalue weighted by Crippen LogP contribution is -2.45. The second-order valence-corrected chi connectivity index (χ2v) is 8.53. The maximum Gasteiger partial charge on any atom is 0.243 e. The topological polar surface area (TPSA) is 86.3 Å². The van der Waals surface area contributed by atoms with Gasteiger partial charge in [0.25, 0.3) is 0 Å². The molecular weight excluding hydrogens is 521 g/mol. The highest BCUT2D eigenvalue weighted by molar-refractivity contribution is 14.0. The zero-order chi connectivity index (χ0) is 22.2. The summed E-state index contributed by atoms with van der Waals surface area (Å²) in [4.78, 5) is 32.3. The van der Waals surface area contributed by atoms with Crippen molar-refractivity contribution in [3.05, 3.63) is 35.9 Å². The highest BCUT2D eigenvalue weighted by atomic mass is 127. The smallest absolute Gasteiger partial charge is 0.243 e. The molecule has 0 aromatic heterocycles. The van der Waals surface area contributed by atoms with Crippen LogP contribution in [0, 0.1) is 5.92 Å². The van der Waals surface area contributed by atoms with E-state index in [0.29, 0.717) is 25.5 Å². The number of likely N-dealkylation sites (tertiary alicyclic amines) is 1. The number of aliphatic imine (C=N–C) groups is 1. The molecule has 2 N–H and O–H groups in total. The summed E-state index contributed by atoms with van der Waals surface area (Å²) in [5, 5.41) is 6.70. The summed E-state index contributed by atoms with van der Waals surface area (Å²) in [7, 11) is 5.31. The molecule has 3 atom stereocenters. The first kappa shape index (κ1) is 26.4. The molecule has 2 fully saturated rings. The zero-order valence-corrected chi connectivity index (χ0v) is 21.6. The maximum atomic E-state index is 12.4. The molecule has 0 bridgehead atoms. The summed E-state index contributed by atoms with van der Waals surface area (Å²) in [6.45, 7) is 2.09. The first-order valence-electron chi connectivity index (χ1n) is 11.1. The predicted octanol–water partition coefficient (Wildman–Crippen LogP) is 2.02. The van der Waals surface area contributed by atoms with Gasteiger partial charge in [0.05, 0.1) is 12.1 Å². The van der Waals surface area contributed by atoms with E-state index in [1.54, 1.807) is 14.1 Å². The second kappa shape index (κ2) is 13.0. The number of nitrogens with one attached hydrogen (secondary N) is 2. The number of halogens is 1. The number of amides is 2. The second-order valence-electron chi connectivity index (χ2n) is 8.53. The predicted molar refractivity (Wildman–Crippen MR) is 136 cm³/mol. The number of ether oxygens (including phenoxy) is 1. The Labute approximate surface area is 208 Å². The third-order valence-electron chi connectivity index (χ3n) is 6.01. The Balaban J connectivity index is 0.00000363. The summed E-state index contributed by atoms with van der Waals surface area (Å²) >= 11 is 0. The minimum atomic E-state index is -0.0621. The van der Waals surface area contributed by atoms with E-state index in [0.717, 1.165) is 25.0 Å². The van der Waals surface area contributed by atoms with Gasteiger partial charge >= 0.3 is 0 Å². The molecular formula is C23H36IN5O3. The van der Waals surface area contributed by atoms with Crippen molar-refractivity contribution < 1.29 is 14.3 Å². The van der Waals surface area contributed by atoms with Crippen LogP contribution in [-0.4, -0.2) is 81.1 Å². The average molecular weight is 557 g/mol. The van der Waals surface area contributed by atoms with E-state index in [1.807, 2.05) is 30.1 Å². The fourth-order valence-electron chi connectivity index (χ4n) is 4.15. The van der Waals surface area contributed by atoms with Gasteiger partial charge in [0.1, 0.15) is 6.54 Å². The minimum Gasteiger partial charge on any atom is -0.376 e. The van der Waals surface area contributed by atoms with Crippen LogP contribution in [-0.2, 0) is 14.3 Å². The van der Waals surface area contributed by atoms with Gasteiger partial charge in [-0.25, -0.2) is 4.99 Å². The van der Waals surface area contributed by atoms with Crippen molar-refractivity contribution >= 4 is 41.8 Å². The van der Waals surface area contributed by atoms with Crippen LogP contribution in [0.3, 0.4) is 0 Å². The van der Waals surface area contributed by atoms with Crippen LogP contribution in [0.4, 0.5) is 0 Å². The van der Waals surface area contributed by atoms with Gasteiger partial charge in [0.2, 0.25) is 11.8 Å². The van der Waals surface area contributed by atoms with Gasteiger partial charge in [-0.2, -0.15) is 0 Å². The molecule has 0 saturated carbocycles. The Morgan fingerprint density at radius 1 is 1.19 bits per heavy atom. The van der Waals surface area contributed by atoms with Crippen LogP contribution in [0.5, 0.6) is 0 Å². The van der Waals surface area contributed by atoms with E-state index in [-0.39, 0.29) is 60.4 Å². The number of carbonyl (C=O) groups is 2. The molecule has 0 spiro atoms. The fourth-order valence-corrected chi connectivity index (χ4v) is 4.15. The molecule has 2 aliphatic rings. The molecule has 8 nitrogen and oxygen atoms in total. The van der Waals surface area contributed by atoms with E-state index in [2.05, 4.69) is 27.8 Å². The highest BCUT2D eigenvalue weighted by Gasteiger charge is 2.38. The maximum absolute atomic E-state index is 12.4.